The van der Waals surface area contributed by atoms with Gasteiger partial charge in [0.05, 0.1) is 16.3 Å². The van der Waals surface area contributed by atoms with Gasteiger partial charge in [0.2, 0.25) is 5.96 Å². The van der Waals surface area contributed by atoms with Crippen LogP contribution in [0, 0.1) is 11.2 Å². The number of hydrazone groups is 1. The summed E-state index contributed by atoms with van der Waals surface area (Å²) in [5, 5.41) is 16.8. The third-order valence-corrected chi connectivity index (χ3v) is 3.37. The molecule has 0 bridgehead atoms. The van der Waals surface area contributed by atoms with Crippen molar-refractivity contribution in [1.82, 2.24) is 10.7 Å². The Morgan fingerprint density at radius 1 is 1.12 bits per heavy atom. The van der Waals surface area contributed by atoms with Gasteiger partial charge in [-0.3, -0.25) is 10.7 Å². The summed E-state index contributed by atoms with van der Waals surface area (Å²) in [7, 11) is 0. The Balaban J connectivity index is 1.85. The first-order valence-electron chi connectivity index (χ1n) is 6.61. The monoisotopic (exact) mass is 367 g/mol. The van der Waals surface area contributed by atoms with E-state index in [1.54, 1.807) is 18.2 Å². The van der Waals surface area contributed by atoms with Crippen molar-refractivity contribution in [3.05, 3.63) is 63.9 Å². The quantitative estimate of drug-likeness (QED) is 0.377. The molecule has 0 heterocycles. The van der Waals surface area contributed by atoms with E-state index in [1.165, 1.54) is 30.5 Å². The van der Waals surface area contributed by atoms with E-state index in [0.29, 0.717) is 21.3 Å². The number of nitrogens with zero attached hydrogens (tertiary/aromatic N) is 1. The van der Waals surface area contributed by atoms with Crippen LogP contribution in [0.1, 0.15) is 5.56 Å². The van der Waals surface area contributed by atoms with Gasteiger partial charge in [-0.25, -0.2) is 14.6 Å². The van der Waals surface area contributed by atoms with Crippen molar-refractivity contribution >= 4 is 47.1 Å². The average molecular weight is 368 g/mol. The van der Waals surface area contributed by atoms with E-state index in [0.717, 1.165) is 0 Å². The zero-order valence-corrected chi connectivity index (χ0v) is 13.6. The van der Waals surface area contributed by atoms with Gasteiger partial charge in [-0.05, 0) is 36.4 Å². The molecule has 2 amide bonds. The van der Waals surface area contributed by atoms with E-state index in [4.69, 9.17) is 28.6 Å². The first-order chi connectivity index (χ1) is 11.5. The fourth-order valence-electron chi connectivity index (χ4n) is 1.63. The maximum Gasteiger partial charge on any atom is 0.326 e. The second kappa shape index (κ2) is 8.28. The number of nitrogens with one attached hydrogen (secondary N) is 4. The predicted molar refractivity (Wildman–Crippen MR) is 93.5 cm³/mol. The Hall–Kier alpha value is -2.64. The molecule has 0 spiro atoms. The second-order valence-corrected chi connectivity index (χ2v) is 5.28. The van der Waals surface area contributed by atoms with E-state index in [1.807, 2.05) is 0 Å². The molecular weight excluding hydrogens is 356 g/mol. The molecule has 0 aliphatic rings. The van der Waals surface area contributed by atoms with Crippen molar-refractivity contribution in [3.63, 3.8) is 0 Å². The SMILES string of the molecule is N=C(N/N=C/c1c(Cl)cccc1Cl)NC(=O)Nc1ccc(F)cc1. The van der Waals surface area contributed by atoms with Gasteiger partial charge in [-0.2, -0.15) is 5.10 Å². The van der Waals surface area contributed by atoms with Gasteiger partial charge < -0.3 is 5.32 Å². The highest BCUT2D eigenvalue weighted by atomic mass is 35.5. The topological polar surface area (TPSA) is 89.4 Å². The molecule has 124 valence electrons. The molecule has 24 heavy (non-hydrogen) atoms. The van der Waals surface area contributed by atoms with E-state index >= 15 is 0 Å². The molecule has 0 unspecified atom stereocenters. The fourth-order valence-corrected chi connectivity index (χ4v) is 2.13. The Kier molecular flexibility index (Phi) is 6.11. The highest BCUT2D eigenvalue weighted by molar-refractivity contribution is 6.38. The molecule has 6 nitrogen and oxygen atoms in total. The van der Waals surface area contributed by atoms with Crippen LogP contribution in [0.25, 0.3) is 0 Å². The van der Waals surface area contributed by atoms with Crippen LogP contribution in [0.15, 0.2) is 47.6 Å². The zero-order valence-electron chi connectivity index (χ0n) is 12.1. The Morgan fingerprint density at radius 3 is 2.38 bits per heavy atom. The number of halogens is 3. The molecule has 4 N–H and O–H groups in total. The third-order valence-electron chi connectivity index (χ3n) is 2.71. The van der Waals surface area contributed by atoms with Gasteiger partial charge in [-0.15, -0.1) is 0 Å². The van der Waals surface area contributed by atoms with E-state index in [9.17, 15) is 9.18 Å². The smallest absolute Gasteiger partial charge is 0.308 e. The van der Waals surface area contributed by atoms with Crippen LogP contribution in [0.3, 0.4) is 0 Å². The minimum atomic E-state index is -0.676. The zero-order chi connectivity index (χ0) is 17.5. The molecule has 2 aromatic rings. The number of amides is 2. The molecule has 0 radical (unpaired) electrons. The largest absolute Gasteiger partial charge is 0.326 e. The minimum Gasteiger partial charge on any atom is -0.308 e. The number of carbonyl (C=O) groups excluding carboxylic acids is 1. The number of hydrogen-bond donors (Lipinski definition) is 4. The molecule has 2 rings (SSSR count). The maximum absolute atomic E-state index is 12.8. The van der Waals surface area contributed by atoms with Gasteiger partial charge in [0.1, 0.15) is 5.82 Å². The van der Waals surface area contributed by atoms with E-state index < -0.39 is 11.8 Å². The van der Waals surface area contributed by atoms with Crippen LogP contribution >= 0.6 is 23.2 Å². The summed E-state index contributed by atoms with van der Waals surface area (Å²) in [5.41, 5.74) is 3.18. The van der Waals surface area contributed by atoms with Gasteiger partial charge >= 0.3 is 6.03 Å². The highest BCUT2D eigenvalue weighted by Crippen LogP contribution is 2.21. The Morgan fingerprint density at radius 2 is 1.75 bits per heavy atom. The lowest BCUT2D eigenvalue weighted by Crippen LogP contribution is -2.40. The van der Waals surface area contributed by atoms with Crippen LogP contribution in [-0.2, 0) is 0 Å². The van der Waals surface area contributed by atoms with Crippen LogP contribution in [-0.4, -0.2) is 18.2 Å². The first-order valence-corrected chi connectivity index (χ1v) is 7.36. The summed E-state index contributed by atoms with van der Waals surface area (Å²) in [4.78, 5) is 11.7. The Labute approximate surface area is 147 Å². The van der Waals surface area contributed by atoms with Gasteiger partial charge in [0.15, 0.2) is 0 Å². The predicted octanol–water partition coefficient (Wildman–Crippen LogP) is 3.81. The Bertz CT molecular complexity index is 760. The fraction of sp³-hybridized carbons (Fsp3) is 0. The third kappa shape index (κ3) is 5.22. The second-order valence-electron chi connectivity index (χ2n) is 4.47. The lowest BCUT2D eigenvalue weighted by Gasteiger charge is -2.08. The standard InChI is InChI=1S/C15H12Cl2FN5O/c16-12-2-1-3-13(17)11(12)8-20-23-14(19)22-15(24)21-10-6-4-9(18)5-7-10/h1-8H,(H4,19,21,22,23,24)/b20-8+. The molecular formula is C15H12Cl2FN5O. The maximum atomic E-state index is 12.8. The van der Waals surface area contributed by atoms with Crippen molar-refractivity contribution in [2.24, 2.45) is 5.10 Å². The normalized spacial score (nSPS) is 10.5. The summed E-state index contributed by atoms with van der Waals surface area (Å²) in [6, 6.07) is 9.51. The molecule has 0 atom stereocenters. The molecule has 2 aromatic carbocycles. The number of carbonyl (C=O) groups is 1. The number of urea groups is 1. The molecule has 0 fully saturated rings. The van der Waals surface area contributed by atoms with Crippen molar-refractivity contribution in [2.45, 2.75) is 0 Å². The summed E-state index contributed by atoms with van der Waals surface area (Å²) in [6.45, 7) is 0. The van der Waals surface area contributed by atoms with Crippen molar-refractivity contribution in [2.75, 3.05) is 5.32 Å². The van der Waals surface area contributed by atoms with Crippen molar-refractivity contribution in [1.29, 1.82) is 5.41 Å². The van der Waals surface area contributed by atoms with Crippen LogP contribution in [0.5, 0.6) is 0 Å². The number of hydrogen-bond acceptors (Lipinski definition) is 3. The van der Waals surface area contributed by atoms with Crippen LogP contribution in [0.4, 0.5) is 14.9 Å². The van der Waals surface area contributed by atoms with Gasteiger partial charge in [-0.1, -0.05) is 29.3 Å². The molecule has 9 heteroatoms. The molecule has 0 saturated carbocycles. The average Bonchev–Trinajstić information content (AvgIpc) is 2.52. The lowest BCUT2D eigenvalue weighted by atomic mass is 10.2. The number of anilines is 1. The molecule has 0 saturated heterocycles. The summed E-state index contributed by atoms with van der Waals surface area (Å²) >= 11 is 11.9. The van der Waals surface area contributed by atoms with E-state index in [-0.39, 0.29) is 5.96 Å². The number of guanidine groups is 1. The molecule has 0 aliphatic heterocycles. The van der Waals surface area contributed by atoms with Crippen LogP contribution in [0.2, 0.25) is 10.0 Å². The van der Waals surface area contributed by atoms with Gasteiger partial charge in [0.25, 0.3) is 0 Å². The summed E-state index contributed by atoms with van der Waals surface area (Å²) in [5.74, 6) is -0.781. The minimum absolute atomic E-state index is 0.367. The molecule has 0 aromatic heterocycles. The lowest BCUT2D eigenvalue weighted by molar-refractivity contribution is 0.256. The summed E-state index contributed by atoms with van der Waals surface area (Å²) < 4.78 is 12.8. The first kappa shape index (κ1) is 17.7. The van der Waals surface area contributed by atoms with E-state index in [2.05, 4.69) is 21.2 Å². The van der Waals surface area contributed by atoms with Crippen LogP contribution < -0.4 is 16.1 Å². The van der Waals surface area contributed by atoms with Crippen molar-refractivity contribution < 1.29 is 9.18 Å². The highest BCUT2D eigenvalue weighted by Gasteiger charge is 2.05. The number of benzene rings is 2. The molecule has 0 aliphatic carbocycles. The van der Waals surface area contributed by atoms with Gasteiger partial charge in [0, 0.05) is 11.3 Å². The summed E-state index contributed by atoms with van der Waals surface area (Å²) in [6.07, 6.45) is 1.33. The number of rotatable bonds is 3. The van der Waals surface area contributed by atoms with Crippen molar-refractivity contribution in [3.8, 4) is 0 Å².